The zero-order chi connectivity index (χ0) is 17.0. The van der Waals surface area contributed by atoms with Crippen molar-refractivity contribution < 1.29 is 0 Å². The molecule has 0 radical (unpaired) electrons. The minimum Gasteiger partial charge on any atom is -0.356 e. The van der Waals surface area contributed by atoms with E-state index >= 15 is 0 Å². The lowest BCUT2D eigenvalue weighted by atomic mass is 9.95. The van der Waals surface area contributed by atoms with E-state index in [0.29, 0.717) is 12.0 Å². The van der Waals surface area contributed by atoms with E-state index < -0.39 is 0 Å². The first-order chi connectivity index (χ1) is 12.2. The van der Waals surface area contributed by atoms with Crippen LogP contribution >= 0.6 is 11.3 Å². The molecule has 25 heavy (non-hydrogen) atoms. The second-order valence-electron chi connectivity index (χ2n) is 6.96. The summed E-state index contributed by atoms with van der Waals surface area (Å²) < 4.78 is 3.45. The van der Waals surface area contributed by atoms with E-state index in [9.17, 15) is 4.79 Å². The molecule has 0 amide bonds. The summed E-state index contributed by atoms with van der Waals surface area (Å²) in [7, 11) is 1.76. The van der Waals surface area contributed by atoms with Gasteiger partial charge in [-0.15, -0.1) is 11.3 Å². The number of hydrogen-bond acceptors (Lipinski definition) is 6. The molecular formula is C17H20N6OS. The number of thiophene rings is 1. The molecule has 0 spiro atoms. The van der Waals surface area contributed by atoms with Crippen LogP contribution in [-0.4, -0.2) is 37.4 Å². The highest BCUT2D eigenvalue weighted by molar-refractivity contribution is 7.16. The van der Waals surface area contributed by atoms with Crippen molar-refractivity contribution in [1.82, 2.24) is 24.3 Å². The molecule has 4 heterocycles. The van der Waals surface area contributed by atoms with Crippen LogP contribution in [0.4, 0.5) is 5.82 Å². The fourth-order valence-electron chi connectivity index (χ4n) is 3.83. The predicted molar refractivity (Wildman–Crippen MR) is 97.3 cm³/mol. The topological polar surface area (TPSA) is 68.8 Å². The number of nitrogens with zero attached hydrogens (tertiary/aromatic N) is 6. The largest absolute Gasteiger partial charge is 0.356 e. The Hall–Kier alpha value is -2.22. The minimum absolute atomic E-state index is 0.0377. The molecule has 130 valence electrons. The van der Waals surface area contributed by atoms with Crippen LogP contribution in [-0.2, 0) is 7.05 Å². The molecule has 2 fully saturated rings. The van der Waals surface area contributed by atoms with Crippen LogP contribution < -0.4 is 10.6 Å². The van der Waals surface area contributed by atoms with Crippen molar-refractivity contribution in [2.75, 3.05) is 18.0 Å². The highest BCUT2D eigenvalue weighted by Crippen LogP contribution is 2.38. The Morgan fingerprint density at radius 1 is 1.16 bits per heavy atom. The van der Waals surface area contributed by atoms with Crippen molar-refractivity contribution in [1.29, 1.82) is 0 Å². The molecule has 2 aliphatic rings. The van der Waals surface area contributed by atoms with Crippen LogP contribution in [0, 0.1) is 0 Å². The quantitative estimate of drug-likeness (QED) is 0.720. The van der Waals surface area contributed by atoms with Crippen molar-refractivity contribution >= 4 is 27.4 Å². The summed E-state index contributed by atoms with van der Waals surface area (Å²) in [5.74, 6) is 2.37. The number of fused-ring (bicyclic) bond motifs is 1. The predicted octanol–water partition coefficient (Wildman–Crippen LogP) is 2.31. The summed E-state index contributed by atoms with van der Waals surface area (Å²) in [5, 5.41) is 7.76. The maximum Gasteiger partial charge on any atom is 0.345 e. The van der Waals surface area contributed by atoms with E-state index in [1.54, 1.807) is 24.7 Å². The van der Waals surface area contributed by atoms with Crippen LogP contribution in [0.5, 0.6) is 0 Å². The van der Waals surface area contributed by atoms with Crippen LogP contribution in [0.1, 0.15) is 43.5 Å². The van der Waals surface area contributed by atoms with E-state index in [4.69, 9.17) is 0 Å². The Kier molecular flexibility index (Phi) is 3.41. The summed E-state index contributed by atoms with van der Waals surface area (Å²) in [6.07, 6.45) is 5.87. The lowest BCUT2D eigenvalue weighted by Gasteiger charge is -2.32. The lowest BCUT2D eigenvalue weighted by Crippen LogP contribution is -2.34. The first-order valence-corrected chi connectivity index (χ1v) is 9.69. The van der Waals surface area contributed by atoms with E-state index in [1.807, 2.05) is 4.57 Å². The van der Waals surface area contributed by atoms with Gasteiger partial charge < -0.3 is 4.90 Å². The average Bonchev–Trinajstić information content (AvgIpc) is 3.27. The number of hydrogen-bond donors (Lipinski definition) is 0. The van der Waals surface area contributed by atoms with Crippen LogP contribution in [0.25, 0.3) is 10.2 Å². The molecule has 1 aliphatic carbocycles. The molecule has 0 atom stereocenters. The molecule has 1 saturated heterocycles. The van der Waals surface area contributed by atoms with Gasteiger partial charge in [0, 0.05) is 32.1 Å². The number of aryl methyl sites for hydroxylation is 1. The molecule has 1 aliphatic heterocycles. The van der Waals surface area contributed by atoms with Gasteiger partial charge in [0.2, 0.25) is 0 Å². The summed E-state index contributed by atoms with van der Waals surface area (Å²) in [5.41, 5.74) is 0.0377. The van der Waals surface area contributed by atoms with Gasteiger partial charge in [-0.2, -0.15) is 5.10 Å². The van der Waals surface area contributed by atoms with E-state index in [1.165, 1.54) is 4.68 Å². The van der Waals surface area contributed by atoms with E-state index in [-0.39, 0.29) is 5.69 Å². The van der Waals surface area contributed by atoms with Crippen molar-refractivity contribution in [3.05, 3.63) is 34.1 Å². The van der Waals surface area contributed by atoms with E-state index in [2.05, 4.69) is 31.4 Å². The fraction of sp³-hybridized carbons (Fsp3) is 0.529. The Balaban J connectivity index is 1.39. The Morgan fingerprint density at radius 3 is 2.72 bits per heavy atom. The number of piperidine rings is 1. The van der Waals surface area contributed by atoms with Crippen molar-refractivity contribution in [3.8, 4) is 0 Å². The van der Waals surface area contributed by atoms with Gasteiger partial charge in [0.15, 0.2) is 0 Å². The van der Waals surface area contributed by atoms with Crippen LogP contribution in [0.3, 0.4) is 0 Å². The highest BCUT2D eigenvalue weighted by atomic mass is 32.1. The summed E-state index contributed by atoms with van der Waals surface area (Å²) in [4.78, 5) is 24.6. The second-order valence-corrected chi connectivity index (χ2v) is 7.86. The van der Waals surface area contributed by atoms with Gasteiger partial charge in [0.05, 0.1) is 5.39 Å². The maximum atomic E-state index is 12.4. The standard InChI is InChI=1S/C17H20N6OS/c1-21-17(24)23(12-2-3-12)14(20-21)11-4-7-22(8-5-11)15-13-6-9-25-16(13)19-10-18-15/h6,9-12H,2-5,7-8H2,1H3. The number of rotatable bonds is 3. The number of anilines is 1. The molecule has 1 saturated carbocycles. The summed E-state index contributed by atoms with van der Waals surface area (Å²) in [6, 6.07) is 2.48. The molecular weight excluding hydrogens is 336 g/mol. The van der Waals surface area contributed by atoms with Gasteiger partial charge >= 0.3 is 5.69 Å². The van der Waals surface area contributed by atoms with Crippen molar-refractivity contribution in [2.24, 2.45) is 7.05 Å². The number of aromatic nitrogens is 5. The van der Waals surface area contributed by atoms with Gasteiger partial charge in [-0.1, -0.05) is 0 Å². The Morgan fingerprint density at radius 2 is 1.96 bits per heavy atom. The maximum absolute atomic E-state index is 12.4. The van der Waals surface area contributed by atoms with E-state index in [0.717, 1.165) is 60.6 Å². The second kappa shape index (κ2) is 5.66. The lowest BCUT2D eigenvalue weighted by molar-refractivity contribution is 0.461. The molecule has 0 bridgehead atoms. The van der Waals surface area contributed by atoms with Crippen LogP contribution in [0.2, 0.25) is 0 Å². The summed E-state index contributed by atoms with van der Waals surface area (Å²) in [6.45, 7) is 1.87. The highest BCUT2D eigenvalue weighted by Gasteiger charge is 2.33. The molecule has 5 rings (SSSR count). The third-order valence-corrected chi connectivity index (χ3v) is 6.12. The fourth-order valence-corrected chi connectivity index (χ4v) is 4.56. The van der Waals surface area contributed by atoms with Crippen molar-refractivity contribution in [2.45, 2.75) is 37.6 Å². The SMILES string of the molecule is Cn1nc(C2CCN(c3ncnc4sccc34)CC2)n(C2CC2)c1=O. The Labute approximate surface area is 148 Å². The van der Waals surface area contributed by atoms with Crippen LogP contribution in [0.15, 0.2) is 22.6 Å². The van der Waals surface area contributed by atoms with Gasteiger partial charge in [-0.05, 0) is 37.1 Å². The monoisotopic (exact) mass is 356 g/mol. The minimum atomic E-state index is 0.0377. The zero-order valence-corrected chi connectivity index (χ0v) is 14.9. The molecule has 8 heteroatoms. The molecule has 7 nitrogen and oxygen atoms in total. The first-order valence-electron chi connectivity index (χ1n) is 8.81. The molecule has 0 N–H and O–H groups in total. The third-order valence-electron chi connectivity index (χ3n) is 5.29. The summed E-state index contributed by atoms with van der Waals surface area (Å²) >= 11 is 1.65. The molecule has 0 aromatic carbocycles. The normalized spacial score (nSPS) is 19.0. The van der Waals surface area contributed by atoms with Gasteiger partial charge in [-0.3, -0.25) is 4.57 Å². The molecule has 3 aromatic rings. The smallest absolute Gasteiger partial charge is 0.345 e. The molecule has 0 unspecified atom stereocenters. The Bertz CT molecular complexity index is 977. The van der Waals surface area contributed by atoms with Gasteiger partial charge in [-0.25, -0.2) is 19.4 Å². The average molecular weight is 356 g/mol. The first kappa shape index (κ1) is 15.1. The molecule has 3 aromatic heterocycles. The van der Waals surface area contributed by atoms with Crippen molar-refractivity contribution in [3.63, 3.8) is 0 Å². The third kappa shape index (κ3) is 2.47. The zero-order valence-electron chi connectivity index (χ0n) is 14.1. The van der Waals surface area contributed by atoms with Gasteiger partial charge in [0.1, 0.15) is 22.8 Å². The van der Waals surface area contributed by atoms with Gasteiger partial charge in [0.25, 0.3) is 0 Å².